The molecule has 68 valence electrons. The first kappa shape index (κ1) is 9.48. The van der Waals surface area contributed by atoms with Gasteiger partial charge in [-0.2, -0.15) is 0 Å². The van der Waals surface area contributed by atoms with Gasteiger partial charge in [-0.05, 0) is 11.6 Å². The molecule has 0 saturated carbocycles. The second-order valence-electron chi connectivity index (χ2n) is 2.62. The molecule has 0 bridgehead atoms. The standard InChI is InChI=1S/C10H11NO2/c11-10(13)7-6-9(12)8-4-2-1-3-5-8/h1-7,9,12H,(H2,11,13)/b7-6+. The molecule has 3 nitrogen and oxygen atoms in total. The van der Waals surface area contributed by atoms with Crippen molar-refractivity contribution in [2.45, 2.75) is 6.10 Å². The van der Waals surface area contributed by atoms with Crippen LogP contribution in [0.3, 0.4) is 0 Å². The van der Waals surface area contributed by atoms with Gasteiger partial charge in [0.25, 0.3) is 0 Å². The Morgan fingerprint density at radius 1 is 1.38 bits per heavy atom. The fraction of sp³-hybridized carbons (Fsp3) is 0.100. The lowest BCUT2D eigenvalue weighted by Crippen LogP contribution is -2.06. The SMILES string of the molecule is NC(=O)/C=C/C(O)c1ccccc1. The Morgan fingerprint density at radius 3 is 2.54 bits per heavy atom. The number of carbonyl (C=O) groups is 1. The van der Waals surface area contributed by atoms with Gasteiger partial charge in [0.15, 0.2) is 0 Å². The number of aliphatic hydroxyl groups excluding tert-OH is 1. The highest BCUT2D eigenvalue weighted by molar-refractivity contribution is 5.85. The van der Waals surface area contributed by atoms with Crippen LogP contribution in [0.15, 0.2) is 42.5 Å². The lowest BCUT2D eigenvalue weighted by Gasteiger charge is -2.03. The summed E-state index contributed by atoms with van der Waals surface area (Å²) >= 11 is 0. The minimum Gasteiger partial charge on any atom is -0.384 e. The number of aliphatic hydroxyl groups is 1. The molecule has 0 spiro atoms. The summed E-state index contributed by atoms with van der Waals surface area (Å²) in [5.74, 6) is -0.560. The minimum atomic E-state index is -0.770. The van der Waals surface area contributed by atoms with Gasteiger partial charge >= 0.3 is 0 Å². The molecule has 1 atom stereocenters. The van der Waals surface area contributed by atoms with Crippen molar-refractivity contribution in [3.63, 3.8) is 0 Å². The Hall–Kier alpha value is -1.61. The number of primary amides is 1. The van der Waals surface area contributed by atoms with Crippen LogP contribution in [0.4, 0.5) is 0 Å². The maximum atomic E-state index is 10.4. The first-order valence-corrected chi connectivity index (χ1v) is 3.91. The normalized spacial score (nSPS) is 13.0. The second-order valence-corrected chi connectivity index (χ2v) is 2.62. The predicted molar refractivity (Wildman–Crippen MR) is 49.7 cm³/mol. The van der Waals surface area contributed by atoms with Gasteiger partial charge in [0.05, 0.1) is 6.10 Å². The third-order valence-corrected chi connectivity index (χ3v) is 1.58. The number of amides is 1. The molecular formula is C10H11NO2. The number of rotatable bonds is 3. The number of nitrogens with two attached hydrogens (primary N) is 1. The molecule has 1 rings (SSSR count). The third-order valence-electron chi connectivity index (χ3n) is 1.58. The molecule has 0 aliphatic heterocycles. The summed E-state index contributed by atoms with van der Waals surface area (Å²) in [7, 11) is 0. The Labute approximate surface area is 76.5 Å². The molecule has 0 saturated heterocycles. The van der Waals surface area contributed by atoms with Crippen molar-refractivity contribution < 1.29 is 9.90 Å². The summed E-state index contributed by atoms with van der Waals surface area (Å²) in [4.78, 5) is 10.4. The number of carbonyl (C=O) groups excluding carboxylic acids is 1. The zero-order valence-corrected chi connectivity index (χ0v) is 7.05. The van der Waals surface area contributed by atoms with Gasteiger partial charge < -0.3 is 10.8 Å². The lowest BCUT2D eigenvalue weighted by molar-refractivity contribution is -0.113. The highest BCUT2D eigenvalue weighted by Gasteiger charge is 2.01. The van der Waals surface area contributed by atoms with E-state index >= 15 is 0 Å². The molecule has 0 heterocycles. The Bertz CT molecular complexity index is 306. The topological polar surface area (TPSA) is 63.3 Å². The van der Waals surface area contributed by atoms with E-state index in [4.69, 9.17) is 5.73 Å². The van der Waals surface area contributed by atoms with Gasteiger partial charge in [-0.15, -0.1) is 0 Å². The van der Waals surface area contributed by atoms with Crippen molar-refractivity contribution in [1.82, 2.24) is 0 Å². The molecule has 0 aliphatic carbocycles. The van der Waals surface area contributed by atoms with Gasteiger partial charge in [-0.1, -0.05) is 30.3 Å². The zero-order chi connectivity index (χ0) is 9.68. The van der Waals surface area contributed by atoms with Crippen LogP contribution in [0.5, 0.6) is 0 Å². The number of benzene rings is 1. The molecule has 3 N–H and O–H groups in total. The van der Waals surface area contributed by atoms with E-state index in [1.54, 1.807) is 12.1 Å². The molecule has 1 aromatic rings. The summed E-state index contributed by atoms with van der Waals surface area (Å²) in [6.45, 7) is 0. The molecule has 0 radical (unpaired) electrons. The molecule has 0 aromatic heterocycles. The zero-order valence-electron chi connectivity index (χ0n) is 7.05. The Morgan fingerprint density at radius 2 is 2.00 bits per heavy atom. The fourth-order valence-electron chi connectivity index (χ4n) is 0.947. The quantitative estimate of drug-likeness (QED) is 0.669. The van der Waals surface area contributed by atoms with E-state index in [9.17, 15) is 9.90 Å². The summed E-state index contributed by atoms with van der Waals surface area (Å²) in [5, 5.41) is 9.47. The van der Waals surface area contributed by atoms with Crippen molar-refractivity contribution in [3.05, 3.63) is 48.0 Å². The summed E-state index contributed by atoms with van der Waals surface area (Å²) in [5.41, 5.74) is 5.62. The fourth-order valence-corrected chi connectivity index (χ4v) is 0.947. The van der Waals surface area contributed by atoms with E-state index in [1.807, 2.05) is 18.2 Å². The van der Waals surface area contributed by atoms with Crippen LogP contribution in [-0.2, 0) is 4.79 Å². The number of hydrogen-bond donors (Lipinski definition) is 2. The molecule has 0 aliphatic rings. The predicted octanol–water partition coefficient (Wildman–Crippen LogP) is 0.762. The molecule has 13 heavy (non-hydrogen) atoms. The highest BCUT2D eigenvalue weighted by atomic mass is 16.3. The summed E-state index contributed by atoms with van der Waals surface area (Å²) in [6, 6.07) is 9.04. The van der Waals surface area contributed by atoms with E-state index < -0.39 is 12.0 Å². The van der Waals surface area contributed by atoms with E-state index in [1.165, 1.54) is 6.08 Å². The molecule has 0 fully saturated rings. The largest absolute Gasteiger partial charge is 0.384 e. The maximum Gasteiger partial charge on any atom is 0.241 e. The van der Waals surface area contributed by atoms with Crippen molar-refractivity contribution >= 4 is 5.91 Å². The van der Waals surface area contributed by atoms with Gasteiger partial charge in [0, 0.05) is 6.08 Å². The lowest BCUT2D eigenvalue weighted by atomic mass is 10.1. The molecule has 3 heteroatoms. The minimum absolute atomic E-state index is 0.560. The van der Waals surface area contributed by atoms with Crippen LogP contribution in [-0.4, -0.2) is 11.0 Å². The monoisotopic (exact) mass is 177 g/mol. The first-order valence-electron chi connectivity index (χ1n) is 3.91. The van der Waals surface area contributed by atoms with Crippen LogP contribution < -0.4 is 5.73 Å². The van der Waals surface area contributed by atoms with Crippen LogP contribution in [0.2, 0.25) is 0 Å². The van der Waals surface area contributed by atoms with Gasteiger partial charge in [0.2, 0.25) is 5.91 Å². The Kier molecular flexibility index (Phi) is 3.23. The van der Waals surface area contributed by atoms with Crippen LogP contribution in [0.1, 0.15) is 11.7 Å². The smallest absolute Gasteiger partial charge is 0.241 e. The van der Waals surface area contributed by atoms with Crippen LogP contribution >= 0.6 is 0 Å². The Balaban J connectivity index is 2.69. The second kappa shape index (κ2) is 4.42. The van der Waals surface area contributed by atoms with Crippen LogP contribution in [0, 0.1) is 0 Å². The van der Waals surface area contributed by atoms with E-state index in [0.29, 0.717) is 0 Å². The summed E-state index contributed by atoms with van der Waals surface area (Å²) < 4.78 is 0. The van der Waals surface area contributed by atoms with Crippen LogP contribution in [0.25, 0.3) is 0 Å². The molecule has 1 aromatic carbocycles. The highest BCUT2D eigenvalue weighted by Crippen LogP contribution is 2.12. The van der Waals surface area contributed by atoms with Crippen molar-refractivity contribution in [3.8, 4) is 0 Å². The average molecular weight is 177 g/mol. The third kappa shape index (κ3) is 3.09. The molecule has 1 unspecified atom stereocenters. The van der Waals surface area contributed by atoms with Gasteiger partial charge in [-0.25, -0.2) is 0 Å². The van der Waals surface area contributed by atoms with E-state index in [0.717, 1.165) is 11.6 Å². The average Bonchev–Trinajstić information content (AvgIpc) is 2.15. The number of hydrogen-bond acceptors (Lipinski definition) is 2. The van der Waals surface area contributed by atoms with E-state index in [-0.39, 0.29) is 0 Å². The van der Waals surface area contributed by atoms with Crippen molar-refractivity contribution in [2.75, 3.05) is 0 Å². The maximum absolute atomic E-state index is 10.4. The van der Waals surface area contributed by atoms with Gasteiger partial charge in [-0.3, -0.25) is 4.79 Å². The van der Waals surface area contributed by atoms with Crippen molar-refractivity contribution in [1.29, 1.82) is 0 Å². The summed E-state index contributed by atoms with van der Waals surface area (Å²) in [6.07, 6.45) is 1.74. The van der Waals surface area contributed by atoms with Gasteiger partial charge in [0.1, 0.15) is 0 Å². The van der Waals surface area contributed by atoms with Crippen molar-refractivity contribution in [2.24, 2.45) is 5.73 Å². The van der Waals surface area contributed by atoms with E-state index in [2.05, 4.69) is 0 Å². The molecule has 1 amide bonds. The molecular weight excluding hydrogens is 166 g/mol. The first-order chi connectivity index (χ1) is 6.20.